The summed E-state index contributed by atoms with van der Waals surface area (Å²) in [5, 5.41) is 0. The molecular formula is C8H4ClF3N2O3S. The summed E-state index contributed by atoms with van der Waals surface area (Å²) in [6, 6.07) is 2.05. The fourth-order valence-corrected chi connectivity index (χ4v) is 2.60. The van der Waals surface area contributed by atoms with Crippen LogP contribution in [0.1, 0.15) is 0 Å². The third kappa shape index (κ3) is 2.51. The number of ether oxygens (including phenoxy) is 1. The first kappa shape index (κ1) is 13.0. The summed E-state index contributed by atoms with van der Waals surface area (Å²) in [5.74, 6) is -0.919. The van der Waals surface area contributed by atoms with Crippen LogP contribution in [0.5, 0.6) is 5.75 Å². The first-order valence-electron chi connectivity index (χ1n) is 4.35. The topological polar surface area (TPSA) is 72.1 Å². The summed E-state index contributed by atoms with van der Waals surface area (Å²) in [6.07, 6.45) is -3.89. The number of hydrogen-bond acceptors (Lipinski definition) is 4. The zero-order valence-corrected chi connectivity index (χ0v) is 9.90. The number of imidazole rings is 1. The van der Waals surface area contributed by atoms with Gasteiger partial charge in [-0.2, -0.15) is 0 Å². The van der Waals surface area contributed by atoms with Gasteiger partial charge in [-0.1, -0.05) is 0 Å². The Kier molecular flexibility index (Phi) is 2.90. The lowest BCUT2D eigenvalue weighted by molar-refractivity contribution is -0.275. The van der Waals surface area contributed by atoms with Gasteiger partial charge in [-0.15, -0.1) is 13.2 Å². The van der Waals surface area contributed by atoms with Crippen LogP contribution in [0.4, 0.5) is 13.2 Å². The lowest BCUT2D eigenvalue weighted by Gasteiger charge is -2.11. The highest BCUT2D eigenvalue weighted by Gasteiger charge is 2.35. The number of benzene rings is 1. The largest absolute Gasteiger partial charge is 0.573 e. The molecule has 0 saturated heterocycles. The second-order valence-corrected chi connectivity index (χ2v) is 5.68. The fourth-order valence-electron chi connectivity index (χ4n) is 1.40. The van der Waals surface area contributed by atoms with Crippen LogP contribution in [-0.2, 0) is 9.05 Å². The zero-order chi connectivity index (χ0) is 13.6. The SMILES string of the molecule is O=S(=O)(Cl)c1c(OC(F)(F)F)ccc2[nH]cnc12. The van der Waals surface area contributed by atoms with E-state index in [0.717, 1.165) is 12.4 Å². The lowest BCUT2D eigenvalue weighted by atomic mass is 10.3. The Balaban J connectivity index is 2.74. The molecule has 18 heavy (non-hydrogen) atoms. The maximum Gasteiger partial charge on any atom is 0.573 e. The Labute approximate surface area is 103 Å². The molecule has 2 rings (SSSR count). The number of nitrogens with zero attached hydrogens (tertiary/aromatic N) is 1. The van der Waals surface area contributed by atoms with Crippen molar-refractivity contribution in [2.75, 3.05) is 0 Å². The van der Waals surface area contributed by atoms with Gasteiger partial charge in [0.1, 0.15) is 5.52 Å². The van der Waals surface area contributed by atoms with E-state index in [1.54, 1.807) is 0 Å². The molecule has 0 fully saturated rings. The van der Waals surface area contributed by atoms with Crippen molar-refractivity contribution in [2.24, 2.45) is 0 Å². The van der Waals surface area contributed by atoms with Crippen molar-refractivity contribution in [2.45, 2.75) is 11.3 Å². The normalized spacial score (nSPS) is 12.9. The van der Waals surface area contributed by atoms with Crippen LogP contribution in [0.25, 0.3) is 11.0 Å². The molecule has 5 nitrogen and oxygen atoms in total. The smallest absolute Gasteiger partial charge is 0.404 e. The van der Waals surface area contributed by atoms with E-state index in [9.17, 15) is 21.6 Å². The molecule has 0 radical (unpaired) electrons. The van der Waals surface area contributed by atoms with Crippen LogP contribution in [0.2, 0.25) is 0 Å². The number of nitrogens with one attached hydrogen (secondary N) is 1. The Morgan fingerprint density at radius 1 is 1.33 bits per heavy atom. The summed E-state index contributed by atoms with van der Waals surface area (Å²) in [6.45, 7) is 0. The molecule has 0 spiro atoms. The molecule has 0 aliphatic carbocycles. The summed E-state index contributed by atoms with van der Waals surface area (Å²) in [5.41, 5.74) is 0.00972. The molecule has 0 aliphatic heterocycles. The molecule has 98 valence electrons. The van der Waals surface area contributed by atoms with Gasteiger partial charge < -0.3 is 9.72 Å². The van der Waals surface area contributed by atoms with Crippen LogP contribution in [-0.4, -0.2) is 24.7 Å². The molecule has 1 N–H and O–H groups in total. The molecule has 1 aromatic heterocycles. The fraction of sp³-hybridized carbons (Fsp3) is 0.125. The van der Waals surface area contributed by atoms with Gasteiger partial charge in [-0.05, 0) is 12.1 Å². The number of rotatable bonds is 2. The summed E-state index contributed by atoms with van der Waals surface area (Å²) < 4.78 is 62.7. The molecule has 1 aromatic carbocycles. The van der Waals surface area contributed by atoms with Gasteiger partial charge in [0, 0.05) is 10.7 Å². The molecule has 0 amide bonds. The van der Waals surface area contributed by atoms with Gasteiger partial charge in [-0.3, -0.25) is 0 Å². The van der Waals surface area contributed by atoms with Crippen molar-refractivity contribution in [3.8, 4) is 5.75 Å². The minimum absolute atomic E-state index is 0.216. The monoisotopic (exact) mass is 300 g/mol. The minimum Gasteiger partial charge on any atom is -0.404 e. The predicted octanol–water partition coefficient (Wildman–Crippen LogP) is 2.39. The van der Waals surface area contributed by atoms with Gasteiger partial charge in [0.2, 0.25) is 0 Å². The third-order valence-corrected chi connectivity index (χ3v) is 3.32. The van der Waals surface area contributed by atoms with Crippen molar-refractivity contribution >= 4 is 30.8 Å². The summed E-state index contributed by atoms with van der Waals surface area (Å²) in [7, 11) is 0.662. The van der Waals surface area contributed by atoms with Gasteiger partial charge in [0.25, 0.3) is 9.05 Å². The van der Waals surface area contributed by atoms with Crippen molar-refractivity contribution in [1.82, 2.24) is 9.97 Å². The number of aromatic nitrogens is 2. The van der Waals surface area contributed by atoms with Crippen LogP contribution in [0.15, 0.2) is 23.4 Å². The standard InChI is InChI=1S/C8H4ClF3N2O3S/c9-18(15,16)7-5(17-8(10,11)12)2-1-4-6(7)14-3-13-4/h1-3H,(H,13,14). The van der Waals surface area contributed by atoms with Crippen molar-refractivity contribution in [3.63, 3.8) is 0 Å². The first-order valence-corrected chi connectivity index (χ1v) is 6.66. The van der Waals surface area contributed by atoms with Crippen LogP contribution < -0.4 is 4.74 Å². The van der Waals surface area contributed by atoms with Crippen molar-refractivity contribution < 1.29 is 26.3 Å². The molecule has 0 saturated carbocycles. The van der Waals surface area contributed by atoms with E-state index < -0.39 is 26.1 Å². The molecular weight excluding hydrogens is 297 g/mol. The van der Waals surface area contributed by atoms with E-state index in [4.69, 9.17) is 10.7 Å². The predicted molar refractivity (Wildman–Crippen MR) is 55.8 cm³/mol. The second kappa shape index (κ2) is 4.02. The van der Waals surface area contributed by atoms with Crippen molar-refractivity contribution in [1.29, 1.82) is 0 Å². The number of H-pyrrole nitrogens is 1. The van der Waals surface area contributed by atoms with E-state index in [-0.39, 0.29) is 11.0 Å². The summed E-state index contributed by atoms with van der Waals surface area (Å²) in [4.78, 5) is 5.34. The number of fused-ring (bicyclic) bond motifs is 1. The quantitative estimate of drug-likeness (QED) is 0.864. The molecule has 2 aromatic rings. The molecule has 10 heteroatoms. The number of halogens is 4. The highest BCUT2D eigenvalue weighted by molar-refractivity contribution is 8.14. The first-order chi connectivity index (χ1) is 8.18. The van der Waals surface area contributed by atoms with E-state index in [1.165, 1.54) is 6.07 Å². The Morgan fingerprint density at radius 3 is 2.56 bits per heavy atom. The highest BCUT2D eigenvalue weighted by Crippen LogP contribution is 2.35. The zero-order valence-electron chi connectivity index (χ0n) is 8.32. The van der Waals surface area contributed by atoms with Crippen LogP contribution in [0, 0.1) is 0 Å². The van der Waals surface area contributed by atoms with Crippen molar-refractivity contribution in [3.05, 3.63) is 18.5 Å². The maximum atomic E-state index is 12.1. The minimum atomic E-state index is -5.03. The maximum absolute atomic E-state index is 12.1. The Morgan fingerprint density at radius 2 is 2.00 bits per heavy atom. The number of alkyl halides is 3. The molecule has 0 atom stereocenters. The van der Waals surface area contributed by atoms with Gasteiger partial charge in [-0.25, -0.2) is 13.4 Å². The number of aromatic amines is 1. The Hall–Kier alpha value is -1.48. The van der Waals surface area contributed by atoms with Gasteiger partial charge in [0.15, 0.2) is 10.6 Å². The number of hydrogen-bond donors (Lipinski definition) is 1. The van der Waals surface area contributed by atoms with Gasteiger partial charge >= 0.3 is 6.36 Å². The van der Waals surface area contributed by atoms with E-state index in [2.05, 4.69) is 14.7 Å². The average Bonchev–Trinajstić information content (AvgIpc) is 2.59. The summed E-state index contributed by atoms with van der Waals surface area (Å²) >= 11 is 0. The second-order valence-electron chi connectivity index (χ2n) is 3.18. The average molecular weight is 301 g/mol. The lowest BCUT2D eigenvalue weighted by Crippen LogP contribution is -2.18. The highest BCUT2D eigenvalue weighted by atomic mass is 35.7. The van der Waals surface area contributed by atoms with Gasteiger partial charge in [0.05, 0.1) is 11.8 Å². The van der Waals surface area contributed by atoms with Crippen LogP contribution >= 0.6 is 10.7 Å². The Bertz CT molecular complexity index is 695. The molecule has 0 bridgehead atoms. The van der Waals surface area contributed by atoms with E-state index in [1.807, 2.05) is 0 Å². The molecule has 0 aliphatic rings. The van der Waals surface area contributed by atoms with Crippen LogP contribution in [0.3, 0.4) is 0 Å². The molecule has 1 heterocycles. The molecule has 0 unspecified atom stereocenters. The third-order valence-electron chi connectivity index (χ3n) is 1.98. The van der Waals surface area contributed by atoms with E-state index >= 15 is 0 Å². The van der Waals surface area contributed by atoms with E-state index in [0.29, 0.717) is 0 Å².